The molecular formula is C46H56N8O7. The van der Waals surface area contributed by atoms with Gasteiger partial charge in [-0.05, 0) is 84.7 Å². The van der Waals surface area contributed by atoms with Crippen LogP contribution in [0.2, 0.25) is 0 Å². The highest BCUT2D eigenvalue weighted by Gasteiger charge is 2.43. The normalized spacial score (nSPS) is 21.4. The first kappa shape index (κ1) is 43.0. The fraction of sp³-hybridized carbons (Fsp3) is 0.478. The number of hydrogen-bond acceptors (Lipinski definition) is 9. The Hall–Kier alpha value is -6.14. The van der Waals surface area contributed by atoms with Gasteiger partial charge in [-0.2, -0.15) is 0 Å². The molecule has 6 atom stereocenters. The van der Waals surface area contributed by atoms with Gasteiger partial charge in [0.25, 0.3) is 0 Å². The molecule has 5 heterocycles. The molecular weight excluding hydrogens is 777 g/mol. The summed E-state index contributed by atoms with van der Waals surface area (Å²) in [5, 5.41) is 5.52. The number of benzene rings is 2. The van der Waals surface area contributed by atoms with Gasteiger partial charge in [0.2, 0.25) is 11.8 Å². The summed E-state index contributed by atoms with van der Waals surface area (Å²) in [6.45, 7) is 10.3. The second kappa shape index (κ2) is 19.1. The van der Waals surface area contributed by atoms with Gasteiger partial charge < -0.3 is 44.6 Å². The monoisotopic (exact) mass is 832 g/mol. The number of nitrogens with zero attached hydrogens (tertiary/aromatic N) is 4. The van der Waals surface area contributed by atoms with Crippen LogP contribution in [-0.2, 0) is 23.8 Å². The van der Waals surface area contributed by atoms with Crippen molar-refractivity contribution in [1.29, 1.82) is 0 Å². The van der Waals surface area contributed by atoms with Crippen LogP contribution in [0.4, 0.5) is 9.59 Å². The maximum absolute atomic E-state index is 14.1. The third-order valence-corrected chi connectivity index (χ3v) is 12.0. The van der Waals surface area contributed by atoms with E-state index < -0.39 is 24.3 Å². The van der Waals surface area contributed by atoms with Crippen molar-refractivity contribution in [3.63, 3.8) is 0 Å². The number of carbonyl (C=O) groups is 4. The molecule has 15 nitrogen and oxygen atoms in total. The molecule has 0 saturated carbocycles. The van der Waals surface area contributed by atoms with Crippen LogP contribution >= 0.6 is 0 Å². The molecule has 4 amide bonds. The van der Waals surface area contributed by atoms with Crippen molar-refractivity contribution < 1.29 is 33.4 Å². The zero-order chi connectivity index (χ0) is 43.2. The number of ether oxygens (including phenoxy) is 3. The molecule has 3 fully saturated rings. The molecule has 322 valence electrons. The van der Waals surface area contributed by atoms with Crippen molar-refractivity contribution in [1.82, 2.24) is 40.4 Å². The Morgan fingerprint density at radius 2 is 1.18 bits per heavy atom. The number of imidazole rings is 2. The van der Waals surface area contributed by atoms with Crippen LogP contribution in [-0.4, -0.2) is 106 Å². The Morgan fingerprint density at radius 3 is 1.64 bits per heavy atom. The number of nitrogens with one attached hydrogen (secondary N) is 4. The molecule has 0 aliphatic carbocycles. The second-order valence-corrected chi connectivity index (χ2v) is 16.9. The molecule has 0 bridgehead atoms. The van der Waals surface area contributed by atoms with E-state index in [0.29, 0.717) is 50.8 Å². The molecule has 2 aromatic heterocycles. The van der Waals surface area contributed by atoms with Crippen molar-refractivity contribution in [2.24, 2.45) is 23.7 Å². The number of methoxy groups -OCH3 is 2. The van der Waals surface area contributed by atoms with Gasteiger partial charge in [0.1, 0.15) is 23.7 Å². The van der Waals surface area contributed by atoms with E-state index in [1.807, 2.05) is 72.2 Å². The zero-order valence-corrected chi connectivity index (χ0v) is 35.7. The average molecular weight is 833 g/mol. The number of carbonyl (C=O) groups excluding carboxylic acids is 4. The maximum Gasteiger partial charge on any atom is 0.407 e. The molecule has 61 heavy (non-hydrogen) atoms. The van der Waals surface area contributed by atoms with E-state index in [1.165, 1.54) is 14.2 Å². The number of aromatic amines is 2. The van der Waals surface area contributed by atoms with E-state index in [1.54, 1.807) is 12.4 Å². The second-order valence-electron chi connectivity index (χ2n) is 16.9. The van der Waals surface area contributed by atoms with Crippen molar-refractivity contribution in [3.8, 4) is 34.4 Å². The smallest absolute Gasteiger partial charge is 0.407 e. The highest BCUT2D eigenvalue weighted by molar-refractivity contribution is 5.87. The van der Waals surface area contributed by atoms with Crippen molar-refractivity contribution in [2.45, 2.75) is 77.5 Å². The van der Waals surface area contributed by atoms with Crippen LogP contribution in [0.1, 0.15) is 88.2 Å². The Kier molecular flexibility index (Phi) is 13.4. The summed E-state index contributed by atoms with van der Waals surface area (Å²) < 4.78 is 15.2. The van der Waals surface area contributed by atoms with Gasteiger partial charge in [-0.25, -0.2) is 19.6 Å². The van der Waals surface area contributed by atoms with E-state index in [-0.39, 0.29) is 47.6 Å². The fourth-order valence-electron chi connectivity index (χ4n) is 8.69. The first-order valence-electron chi connectivity index (χ1n) is 21.1. The zero-order valence-electron chi connectivity index (χ0n) is 35.7. The van der Waals surface area contributed by atoms with Gasteiger partial charge >= 0.3 is 12.2 Å². The van der Waals surface area contributed by atoms with Crippen LogP contribution < -0.4 is 10.6 Å². The van der Waals surface area contributed by atoms with Gasteiger partial charge in [-0.1, -0.05) is 63.8 Å². The SMILES string of the molecule is COC(=O)N[C@H](C(=O)N1C[C@@H](C)C[C@H]1c1ncc(-c2ccc(C#Cc3ccc(-c4cnc([C@@H]5C[C@H](C)CN5C(=O)[C@@H](NC(=O)OC)C5CCOCC5)[nH]4)cc3)cc2)[nH]1)C(C)C. The molecule has 15 heteroatoms. The summed E-state index contributed by atoms with van der Waals surface area (Å²) in [6, 6.07) is 14.0. The lowest BCUT2D eigenvalue weighted by atomic mass is 9.90. The van der Waals surface area contributed by atoms with Crippen molar-refractivity contribution in [2.75, 3.05) is 40.5 Å². The van der Waals surface area contributed by atoms with Crippen molar-refractivity contribution in [3.05, 3.63) is 83.7 Å². The summed E-state index contributed by atoms with van der Waals surface area (Å²) in [5.74, 6) is 8.06. The highest BCUT2D eigenvalue weighted by Crippen LogP contribution is 2.38. The summed E-state index contributed by atoms with van der Waals surface area (Å²) >= 11 is 0. The van der Waals surface area contributed by atoms with Crippen LogP contribution in [0.3, 0.4) is 0 Å². The standard InChI is InChI=1S/C46H56N8O7/c1-27(2)39(51-45(57)59-5)43(55)53-25-28(3)21-37(53)41-47-23-35(49-41)32-13-9-30(10-14-32)7-8-31-11-15-33(16-12-31)36-24-48-42(50-36)38-22-29(4)26-54(38)44(56)40(52-46(58)60-6)34-17-19-61-20-18-34/h9-16,23-24,27-29,34,37-40H,17-22,25-26H2,1-6H3,(H,47,49)(H,48,50)(H,51,57)(H,52,58)/t28-,29-,37-,38-,39-,40-/m0/s1. The van der Waals surface area contributed by atoms with Gasteiger partial charge in [-0.3, -0.25) is 9.59 Å². The van der Waals surface area contributed by atoms with E-state index >= 15 is 0 Å². The van der Waals surface area contributed by atoms with E-state index in [0.717, 1.165) is 46.5 Å². The Morgan fingerprint density at radius 1 is 0.721 bits per heavy atom. The molecule has 0 unspecified atom stereocenters. The molecule has 2 aromatic carbocycles. The largest absolute Gasteiger partial charge is 0.453 e. The number of likely N-dealkylation sites (tertiary alicyclic amines) is 2. The number of H-pyrrole nitrogens is 2. The van der Waals surface area contributed by atoms with Crippen molar-refractivity contribution >= 4 is 24.0 Å². The molecule has 0 spiro atoms. The number of aromatic nitrogens is 4. The topological polar surface area (TPSA) is 184 Å². The predicted octanol–water partition coefficient (Wildman–Crippen LogP) is 6.22. The number of amides is 4. The first-order valence-corrected chi connectivity index (χ1v) is 21.1. The third kappa shape index (κ3) is 9.92. The minimum absolute atomic E-state index is 0.0386. The minimum atomic E-state index is -0.704. The molecule has 0 radical (unpaired) electrons. The van der Waals surface area contributed by atoms with Gasteiger partial charge in [-0.15, -0.1) is 0 Å². The Balaban J connectivity index is 0.988. The molecule has 3 aliphatic rings. The number of rotatable bonds is 10. The quantitative estimate of drug-likeness (QED) is 0.135. The van der Waals surface area contributed by atoms with Gasteiger partial charge in [0.15, 0.2) is 0 Å². The fourth-order valence-corrected chi connectivity index (χ4v) is 8.69. The highest BCUT2D eigenvalue weighted by atomic mass is 16.5. The van der Waals surface area contributed by atoms with Crippen LogP contribution in [0.15, 0.2) is 60.9 Å². The van der Waals surface area contributed by atoms with Gasteiger partial charge in [0, 0.05) is 37.4 Å². The Labute approximate surface area is 356 Å². The van der Waals surface area contributed by atoms with Crippen LogP contribution in [0.5, 0.6) is 0 Å². The van der Waals surface area contributed by atoms with Crippen LogP contribution in [0.25, 0.3) is 22.5 Å². The summed E-state index contributed by atoms with van der Waals surface area (Å²) in [6.07, 6.45) is 5.23. The molecule has 3 aliphatic heterocycles. The molecule has 7 rings (SSSR count). The first-order chi connectivity index (χ1) is 29.4. The summed E-state index contributed by atoms with van der Waals surface area (Å²) in [7, 11) is 2.59. The summed E-state index contributed by atoms with van der Waals surface area (Å²) in [5.41, 5.74) is 5.28. The maximum atomic E-state index is 14.1. The average Bonchev–Trinajstić information content (AvgIpc) is 4.11. The van der Waals surface area contributed by atoms with E-state index in [4.69, 9.17) is 19.2 Å². The minimum Gasteiger partial charge on any atom is -0.453 e. The lowest BCUT2D eigenvalue weighted by Crippen LogP contribution is -2.53. The number of hydrogen-bond donors (Lipinski definition) is 4. The summed E-state index contributed by atoms with van der Waals surface area (Å²) in [4.78, 5) is 72.0. The van der Waals surface area contributed by atoms with Crippen LogP contribution in [0, 0.1) is 35.5 Å². The molecule has 4 N–H and O–H groups in total. The lowest BCUT2D eigenvalue weighted by Gasteiger charge is -2.34. The third-order valence-electron chi connectivity index (χ3n) is 12.0. The Bertz CT molecular complexity index is 2230. The number of alkyl carbamates (subject to hydrolysis) is 2. The van der Waals surface area contributed by atoms with E-state index in [2.05, 4.69) is 51.3 Å². The van der Waals surface area contributed by atoms with Gasteiger partial charge in [0.05, 0.1) is 50.1 Å². The lowest BCUT2D eigenvalue weighted by molar-refractivity contribution is -0.137. The van der Waals surface area contributed by atoms with E-state index in [9.17, 15) is 19.2 Å². The molecule has 4 aromatic rings. The molecule has 3 saturated heterocycles. The predicted molar refractivity (Wildman–Crippen MR) is 228 cm³/mol.